The Bertz CT molecular complexity index is 1460. The second kappa shape index (κ2) is 9.18. The molecule has 1 amide bonds. The molecule has 2 aliphatic heterocycles. The highest BCUT2D eigenvalue weighted by Gasteiger charge is 2.37. The number of aryl methyl sites for hydroxylation is 1. The molecule has 6 heteroatoms. The first kappa shape index (κ1) is 24.0. The molecule has 0 bridgehead atoms. The topological polar surface area (TPSA) is 47.4 Å². The summed E-state index contributed by atoms with van der Waals surface area (Å²) in [6, 6.07) is 12.8. The van der Waals surface area contributed by atoms with Gasteiger partial charge in [-0.25, -0.2) is 0 Å². The van der Waals surface area contributed by atoms with E-state index < -0.39 is 0 Å². The smallest absolute Gasteiger partial charge is 0.271 e. The number of fused-ring (bicyclic) bond motifs is 5. The summed E-state index contributed by atoms with van der Waals surface area (Å²) >= 11 is 1.76. The van der Waals surface area contributed by atoms with Gasteiger partial charge in [-0.2, -0.15) is 0 Å². The maximum atomic E-state index is 14.3. The van der Waals surface area contributed by atoms with Crippen LogP contribution in [0.1, 0.15) is 55.2 Å². The van der Waals surface area contributed by atoms with Gasteiger partial charge >= 0.3 is 0 Å². The van der Waals surface area contributed by atoms with E-state index in [2.05, 4.69) is 70.9 Å². The van der Waals surface area contributed by atoms with Crippen LogP contribution in [0.3, 0.4) is 0 Å². The Morgan fingerprint density at radius 1 is 1.00 bits per heavy atom. The molecule has 0 saturated heterocycles. The summed E-state index contributed by atoms with van der Waals surface area (Å²) < 4.78 is 8.18. The summed E-state index contributed by atoms with van der Waals surface area (Å²) in [5, 5.41) is 2.14. The van der Waals surface area contributed by atoms with Gasteiger partial charge in [0.05, 0.1) is 12.8 Å². The van der Waals surface area contributed by atoms with Crippen LogP contribution in [0.25, 0.3) is 32.8 Å². The number of hydrogen-bond acceptors (Lipinski definition) is 4. The highest BCUT2D eigenvalue weighted by molar-refractivity contribution is 7.13. The van der Waals surface area contributed by atoms with Crippen LogP contribution in [0.15, 0.2) is 54.2 Å². The molecule has 0 radical (unpaired) electrons. The number of aromatic nitrogens is 2. The Morgan fingerprint density at radius 3 is 2.57 bits per heavy atom. The number of carbonyl (C=O) groups is 1. The SMILES string of the molecule is COc1cc2c(cc1-c1cccnc1)-c1c(-c3cccs3)c3c(n1CC2)C(=O)N(C(C)(C)C)CCCC3. The fraction of sp³-hybridized carbons (Fsp3) is 0.355. The Morgan fingerprint density at radius 2 is 1.86 bits per heavy atom. The van der Waals surface area contributed by atoms with E-state index in [0.717, 1.165) is 61.3 Å². The zero-order valence-corrected chi connectivity index (χ0v) is 22.8. The van der Waals surface area contributed by atoms with Crippen LogP contribution in [0, 0.1) is 0 Å². The number of nitrogens with zero attached hydrogens (tertiary/aromatic N) is 3. The largest absolute Gasteiger partial charge is 0.496 e. The van der Waals surface area contributed by atoms with Gasteiger partial charge in [-0.15, -0.1) is 11.3 Å². The lowest BCUT2D eigenvalue weighted by Crippen LogP contribution is -2.47. The molecule has 5 heterocycles. The summed E-state index contributed by atoms with van der Waals surface area (Å²) in [5.41, 5.74) is 8.78. The maximum absolute atomic E-state index is 14.3. The summed E-state index contributed by atoms with van der Waals surface area (Å²) in [5.74, 6) is 1.02. The fourth-order valence-corrected chi connectivity index (χ4v) is 6.79. The van der Waals surface area contributed by atoms with Crippen molar-refractivity contribution in [3.8, 4) is 38.6 Å². The molecule has 6 rings (SSSR count). The van der Waals surface area contributed by atoms with Gasteiger partial charge in [-0.1, -0.05) is 12.1 Å². The highest BCUT2D eigenvalue weighted by atomic mass is 32.1. The first-order valence-corrected chi connectivity index (χ1v) is 14.0. The maximum Gasteiger partial charge on any atom is 0.271 e. The molecule has 190 valence electrons. The highest BCUT2D eigenvalue weighted by Crippen LogP contribution is 2.48. The zero-order chi connectivity index (χ0) is 25.7. The average Bonchev–Trinajstić information content (AvgIpc) is 3.52. The van der Waals surface area contributed by atoms with E-state index in [4.69, 9.17) is 4.74 Å². The molecule has 2 aliphatic rings. The lowest BCUT2D eigenvalue weighted by atomic mass is 9.90. The summed E-state index contributed by atoms with van der Waals surface area (Å²) in [4.78, 5) is 21.9. The van der Waals surface area contributed by atoms with Crippen LogP contribution >= 0.6 is 11.3 Å². The number of carbonyl (C=O) groups excluding carboxylic acids is 1. The number of methoxy groups -OCH3 is 1. The Balaban J connectivity index is 1.65. The standard InChI is InChI=1S/C31H33N3O2S/c1-31(2,3)34-14-6-5-10-22-27(26-11-8-16-37-26)28-24-18-23(21-9-7-13-32-19-21)25(36-4)17-20(24)12-15-33(28)29(22)30(34)35/h7-9,11,13,16-19H,5-6,10,12,14-15H2,1-4H3. The Kier molecular flexibility index (Phi) is 5.95. The minimum Gasteiger partial charge on any atom is -0.496 e. The van der Waals surface area contributed by atoms with Gasteiger partial charge in [0, 0.05) is 58.2 Å². The van der Waals surface area contributed by atoms with Crippen molar-refractivity contribution in [2.24, 2.45) is 0 Å². The molecule has 0 spiro atoms. The monoisotopic (exact) mass is 511 g/mol. The van der Waals surface area contributed by atoms with Gasteiger partial charge in [-0.05, 0) is 87.2 Å². The quantitative estimate of drug-likeness (QED) is 0.295. The van der Waals surface area contributed by atoms with Crippen molar-refractivity contribution in [3.05, 3.63) is 71.0 Å². The molecule has 0 N–H and O–H groups in total. The average molecular weight is 512 g/mol. The van der Waals surface area contributed by atoms with Gasteiger partial charge in [0.2, 0.25) is 0 Å². The van der Waals surface area contributed by atoms with Gasteiger partial charge in [0.25, 0.3) is 5.91 Å². The normalized spacial score (nSPS) is 15.5. The van der Waals surface area contributed by atoms with Crippen molar-refractivity contribution in [1.82, 2.24) is 14.5 Å². The zero-order valence-electron chi connectivity index (χ0n) is 22.0. The third kappa shape index (κ3) is 3.98. The molecule has 0 aliphatic carbocycles. The van der Waals surface area contributed by atoms with Crippen molar-refractivity contribution in [2.75, 3.05) is 13.7 Å². The second-order valence-electron chi connectivity index (χ2n) is 11.0. The van der Waals surface area contributed by atoms with Crippen molar-refractivity contribution in [2.45, 2.75) is 58.5 Å². The van der Waals surface area contributed by atoms with Crippen LogP contribution < -0.4 is 4.74 Å². The fourth-order valence-electron chi connectivity index (χ4n) is 5.99. The van der Waals surface area contributed by atoms with Crippen LogP contribution in [0.2, 0.25) is 0 Å². The molecule has 1 aromatic carbocycles. The lowest BCUT2D eigenvalue weighted by molar-refractivity contribution is 0.0559. The molecule has 0 fully saturated rings. The van der Waals surface area contributed by atoms with E-state index >= 15 is 0 Å². The number of amides is 1. The van der Waals surface area contributed by atoms with Gasteiger partial charge in [0.15, 0.2) is 0 Å². The van der Waals surface area contributed by atoms with Crippen LogP contribution in [-0.2, 0) is 19.4 Å². The van der Waals surface area contributed by atoms with E-state index in [1.54, 1.807) is 24.6 Å². The summed E-state index contributed by atoms with van der Waals surface area (Å²) in [7, 11) is 1.73. The van der Waals surface area contributed by atoms with E-state index in [0.29, 0.717) is 0 Å². The molecule has 0 saturated carbocycles. The molecule has 0 unspecified atom stereocenters. The minimum atomic E-state index is -0.229. The number of pyridine rings is 1. The van der Waals surface area contributed by atoms with Crippen molar-refractivity contribution < 1.29 is 9.53 Å². The molecule has 37 heavy (non-hydrogen) atoms. The third-order valence-corrected chi connectivity index (χ3v) is 8.59. The Labute approximate surface area is 222 Å². The number of benzene rings is 1. The summed E-state index contributed by atoms with van der Waals surface area (Å²) in [6.07, 6.45) is 7.56. The predicted octanol–water partition coefficient (Wildman–Crippen LogP) is 7.09. The number of ether oxygens (including phenoxy) is 1. The van der Waals surface area contributed by atoms with Crippen molar-refractivity contribution in [1.29, 1.82) is 0 Å². The molecule has 3 aromatic heterocycles. The van der Waals surface area contributed by atoms with Crippen LogP contribution in [-0.4, -0.2) is 39.6 Å². The predicted molar refractivity (Wildman–Crippen MR) is 150 cm³/mol. The molecule has 5 nitrogen and oxygen atoms in total. The van der Waals surface area contributed by atoms with Gasteiger partial charge < -0.3 is 14.2 Å². The molecular formula is C31H33N3O2S. The molecular weight excluding hydrogens is 478 g/mol. The minimum absolute atomic E-state index is 0.163. The van der Waals surface area contributed by atoms with Gasteiger partial charge in [0.1, 0.15) is 11.4 Å². The lowest BCUT2D eigenvalue weighted by Gasteiger charge is -2.37. The second-order valence-corrected chi connectivity index (χ2v) is 11.9. The van der Waals surface area contributed by atoms with E-state index in [1.807, 2.05) is 12.3 Å². The van der Waals surface area contributed by atoms with E-state index in [1.165, 1.54) is 32.8 Å². The first-order chi connectivity index (χ1) is 17.9. The number of hydrogen-bond donors (Lipinski definition) is 0. The van der Waals surface area contributed by atoms with Crippen molar-refractivity contribution in [3.63, 3.8) is 0 Å². The van der Waals surface area contributed by atoms with Crippen molar-refractivity contribution >= 4 is 17.2 Å². The van der Waals surface area contributed by atoms with E-state index in [9.17, 15) is 4.79 Å². The molecule has 0 atom stereocenters. The number of rotatable bonds is 3. The van der Waals surface area contributed by atoms with Gasteiger partial charge in [-0.3, -0.25) is 9.78 Å². The summed E-state index contributed by atoms with van der Waals surface area (Å²) in [6.45, 7) is 8.03. The Hall–Kier alpha value is -3.38. The van der Waals surface area contributed by atoms with Crippen LogP contribution in [0.5, 0.6) is 5.75 Å². The number of thiophene rings is 1. The first-order valence-electron chi connectivity index (χ1n) is 13.1. The third-order valence-electron chi connectivity index (χ3n) is 7.71. The van der Waals surface area contributed by atoms with Crippen LogP contribution in [0.4, 0.5) is 0 Å². The van der Waals surface area contributed by atoms with E-state index in [-0.39, 0.29) is 11.4 Å². The molecule has 4 aromatic rings.